The largest absolute Gasteiger partial charge is 0.323 e. The van der Waals surface area contributed by atoms with Gasteiger partial charge in [0.25, 0.3) is 0 Å². The van der Waals surface area contributed by atoms with Gasteiger partial charge in [0.1, 0.15) is 5.82 Å². The summed E-state index contributed by atoms with van der Waals surface area (Å²) < 4.78 is 12.9. The first-order chi connectivity index (χ1) is 8.41. The molecular weight excluding hydrogens is 229 g/mol. The maximum absolute atomic E-state index is 12.9. The molecule has 2 unspecified atom stereocenters. The SMILES string of the molecule is CC(C(N)c1ccc(F)cc1)N(C)CCN(C)C. The number of rotatable bonds is 6. The minimum atomic E-state index is -0.223. The molecule has 0 radical (unpaired) electrons. The average Bonchev–Trinajstić information content (AvgIpc) is 2.35. The lowest BCUT2D eigenvalue weighted by molar-refractivity contribution is 0.205. The third-order valence-corrected chi connectivity index (χ3v) is 3.37. The highest BCUT2D eigenvalue weighted by atomic mass is 19.1. The summed E-state index contributed by atoms with van der Waals surface area (Å²) >= 11 is 0. The van der Waals surface area contributed by atoms with Crippen LogP contribution in [0.25, 0.3) is 0 Å². The third kappa shape index (κ3) is 4.37. The van der Waals surface area contributed by atoms with Crippen molar-refractivity contribution in [1.29, 1.82) is 0 Å². The fraction of sp³-hybridized carbons (Fsp3) is 0.571. The Bertz CT molecular complexity index is 351. The Kier molecular flexibility index (Phi) is 5.72. The Morgan fingerprint density at radius 2 is 1.67 bits per heavy atom. The third-order valence-electron chi connectivity index (χ3n) is 3.37. The van der Waals surface area contributed by atoms with Gasteiger partial charge in [-0.2, -0.15) is 0 Å². The summed E-state index contributed by atoms with van der Waals surface area (Å²) in [6.07, 6.45) is 0. The summed E-state index contributed by atoms with van der Waals surface area (Å²) in [6.45, 7) is 4.06. The van der Waals surface area contributed by atoms with E-state index in [9.17, 15) is 4.39 Å². The van der Waals surface area contributed by atoms with E-state index in [0.29, 0.717) is 0 Å². The van der Waals surface area contributed by atoms with Crippen LogP contribution in [0.15, 0.2) is 24.3 Å². The van der Waals surface area contributed by atoms with Crippen molar-refractivity contribution < 1.29 is 4.39 Å². The normalized spacial score (nSPS) is 15.1. The van der Waals surface area contributed by atoms with Gasteiger partial charge in [-0.3, -0.25) is 0 Å². The van der Waals surface area contributed by atoms with Crippen molar-refractivity contribution in [1.82, 2.24) is 9.80 Å². The molecule has 0 aromatic heterocycles. The van der Waals surface area contributed by atoms with Crippen LogP contribution in [0.3, 0.4) is 0 Å². The van der Waals surface area contributed by atoms with Crippen LogP contribution in [0.2, 0.25) is 0 Å². The summed E-state index contributed by atoms with van der Waals surface area (Å²) in [5, 5.41) is 0. The molecule has 0 heterocycles. The van der Waals surface area contributed by atoms with E-state index >= 15 is 0 Å². The zero-order valence-electron chi connectivity index (χ0n) is 11.7. The molecule has 0 aliphatic rings. The highest BCUT2D eigenvalue weighted by Crippen LogP contribution is 2.17. The van der Waals surface area contributed by atoms with Crippen LogP contribution in [0.1, 0.15) is 18.5 Å². The van der Waals surface area contributed by atoms with Gasteiger partial charge in [-0.15, -0.1) is 0 Å². The molecule has 0 aliphatic carbocycles. The van der Waals surface area contributed by atoms with Crippen LogP contribution < -0.4 is 5.73 Å². The van der Waals surface area contributed by atoms with Crippen molar-refractivity contribution in [2.24, 2.45) is 5.73 Å². The minimum absolute atomic E-state index is 0.0993. The molecule has 0 spiro atoms. The van der Waals surface area contributed by atoms with Gasteiger partial charge in [-0.1, -0.05) is 12.1 Å². The van der Waals surface area contributed by atoms with Gasteiger partial charge >= 0.3 is 0 Å². The van der Waals surface area contributed by atoms with Crippen LogP contribution >= 0.6 is 0 Å². The standard InChI is InChI=1S/C14H24FN3/c1-11(18(4)10-9-17(2)3)14(16)12-5-7-13(15)8-6-12/h5-8,11,14H,9-10,16H2,1-4H3. The molecule has 0 saturated carbocycles. The Morgan fingerprint density at radius 1 is 1.11 bits per heavy atom. The smallest absolute Gasteiger partial charge is 0.123 e. The minimum Gasteiger partial charge on any atom is -0.323 e. The molecule has 0 fully saturated rings. The second-order valence-corrected chi connectivity index (χ2v) is 5.10. The summed E-state index contributed by atoms with van der Waals surface area (Å²) in [5.41, 5.74) is 7.19. The van der Waals surface area contributed by atoms with Crippen molar-refractivity contribution in [2.75, 3.05) is 34.2 Å². The average molecular weight is 253 g/mol. The van der Waals surface area contributed by atoms with E-state index < -0.39 is 0 Å². The summed E-state index contributed by atoms with van der Waals surface area (Å²) in [5.74, 6) is -0.223. The number of halogens is 1. The molecule has 18 heavy (non-hydrogen) atoms. The Morgan fingerprint density at radius 3 is 2.17 bits per heavy atom. The van der Waals surface area contributed by atoms with Crippen LogP contribution in [0.5, 0.6) is 0 Å². The van der Waals surface area contributed by atoms with Gasteiger partial charge in [0.2, 0.25) is 0 Å². The number of hydrogen-bond acceptors (Lipinski definition) is 3. The van der Waals surface area contributed by atoms with E-state index in [4.69, 9.17) is 5.73 Å². The molecular formula is C14H24FN3. The van der Waals surface area contributed by atoms with Crippen LogP contribution in [0.4, 0.5) is 4.39 Å². The summed E-state index contributed by atoms with van der Waals surface area (Å²) in [7, 11) is 6.17. The van der Waals surface area contributed by atoms with Gasteiger partial charge in [-0.25, -0.2) is 4.39 Å². The van der Waals surface area contributed by atoms with E-state index in [1.54, 1.807) is 12.1 Å². The monoisotopic (exact) mass is 253 g/mol. The van der Waals surface area contributed by atoms with Crippen LogP contribution in [-0.4, -0.2) is 50.1 Å². The molecule has 0 bridgehead atoms. The van der Waals surface area contributed by atoms with Gasteiger partial charge in [-0.05, 0) is 45.8 Å². The Labute approximate surface area is 109 Å². The molecule has 0 aliphatic heterocycles. The van der Waals surface area contributed by atoms with Gasteiger partial charge in [0, 0.05) is 25.2 Å². The maximum atomic E-state index is 12.9. The topological polar surface area (TPSA) is 32.5 Å². The van der Waals surface area contributed by atoms with Crippen molar-refractivity contribution in [2.45, 2.75) is 19.0 Å². The second kappa shape index (κ2) is 6.83. The number of nitrogens with two attached hydrogens (primary N) is 1. The fourth-order valence-electron chi connectivity index (χ4n) is 1.80. The lowest BCUT2D eigenvalue weighted by Crippen LogP contribution is -2.41. The first kappa shape index (κ1) is 15.1. The number of benzene rings is 1. The van der Waals surface area contributed by atoms with Crippen molar-refractivity contribution in [3.63, 3.8) is 0 Å². The van der Waals surface area contributed by atoms with E-state index in [0.717, 1.165) is 18.7 Å². The molecule has 1 rings (SSSR count). The molecule has 4 heteroatoms. The second-order valence-electron chi connectivity index (χ2n) is 5.10. The molecule has 0 amide bonds. The molecule has 2 atom stereocenters. The van der Waals surface area contributed by atoms with Crippen LogP contribution in [-0.2, 0) is 0 Å². The Hall–Kier alpha value is -0.970. The van der Waals surface area contributed by atoms with E-state index in [-0.39, 0.29) is 17.9 Å². The number of likely N-dealkylation sites (N-methyl/N-ethyl adjacent to an activating group) is 2. The molecule has 0 saturated heterocycles. The molecule has 2 N–H and O–H groups in total. The molecule has 3 nitrogen and oxygen atoms in total. The lowest BCUT2D eigenvalue weighted by atomic mass is 10.0. The molecule has 1 aromatic carbocycles. The van der Waals surface area contributed by atoms with Crippen molar-refractivity contribution >= 4 is 0 Å². The quantitative estimate of drug-likeness (QED) is 0.837. The highest BCUT2D eigenvalue weighted by molar-refractivity contribution is 5.20. The first-order valence-electron chi connectivity index (χ1n) is 6.28. The highest BCUT2D eigenvalue weighted by Gasteiger charge is 2.18. The maximum Gasteiger partial charge on any atom is 0.123 e. The van der Waals surface area contributed by atoms with E-state index in [1.807, 2.05) is 0 Å². The van der Waals surface area contributed by atoms with Crippen LogP contribution in [0, 0.1) is 5.82 Å². The number of nitrogens with zero attached hydrogens (tertiary/aromatic N) is 2. The fourth-order valence-corrected chi connectivity index (χ4v) is 1.80. The summed E-state index contributed by atoms with van der Waals surface area (Å²) in [4.78, 5) is 4.38. The zero-order chi connectivity index (χ0) is 13.7. The Balaban J connectivity index is 2.59. The predicted octanol–water partition coefficient (Wildman–Crippen LogP) is 1.71. The number of hydrogen-bond donors (Lipinski definition) is 1. The van der Waals surface area contributed by atoms with Crippen molar-refractivity contribution in [3.05, 3.63) is 35.6 Å². The molecule has 102 valence electrons. The van der Waals surface area contributed by atoms with Crippen molar-refractivity contribution in [3.8, 4) is 0 Å². The predicted molar refractivity (Wildman–Crippen MR) is 74.0 cm³/mol. The zero-order valence-corrected chi connectivity index (χ0v) is 11.7. The first-order valence-corrected chi connectivity index (χ1v) is 6.28. The van der Waals surface area contributed by atoms with Gasteiger partial charge in [0.15, 0.2) is 0 Å². The van der Waals surface area contributed by atoms with Gasteiger partial charge < -0.3 is 15.5 Å². The van der Waals surface area contributed by atoms with Gasteiger partial charge in [0.05, 0.1) is 0 Å². The molecule has 1 aromatic rings. The van der Waals surface area contributed by atoms with E-state index in [2.05, 4.69) is 37.9 Å². The lowest BCUT2D eigenvalue weighted by Gasteiger charge is -2.30. The summed E-state index contributed by atoms with van der Waals surface area (Å²) in [6, 6.07) is 6.56. The van der Waals surface area contributed by atoms with E-state index in [1.165, 1.54) is 12.1 Å².